The molecule has 124 valence electrons. The van der Waals surface area contributed by atoms with Crippen molar-refractivity contribution in [3.63, 3.8) is 0 Å². The first-order valence-corrected chi connectivity index (χ1v) is 7.74. The third-order valence-corrected chi connectivity index (χ3v) is 3.79. The fourth-order valence-corrected chi connectivity index (χ4v) is 2.54. The minimum absolute atomic E-state index is 0.0121. The van der Waals surface area contributed by atoms with Crippen molar-refractivity contribution in [3.8, 4) is 11.5 Å². The number of hydrogen-bond donors (Lipinski definition) is 2. The average molecular weight is 316 g/mol. The zero-order valence-electron chi connectivity index (χ0n) is 13.9. The van der Waals surface area contributed by atoms with Crippen molar-refractivity contribution in [2.24, 2.45) is 0 Å². The summed E-state index contributed by atoms with van der Waals surface area (Å²) in [6, 6.07) is 5.88. The number of amides is 1. The van der Waals surface area contributed by atoms with Crippen LogP contribution in [0.1, 0.15) is 24.8 Å². The molecule has 5 nitrogen and oxygen atoms in total. The van der Waals surface area contributed by atoms with Crippen LogP contribution in [0, 0.1) is 0 Å². The number of carbonyl (C=O) groups is 1. The number of hydrogen-bond acceptors (Lipinski definition) is 4. The number of methoxy groups -OCH3 is 2. The molecule has 0 fully saturated rings. The van der Waals surface area contributed by atoms with Crippen LogP contribution in [0.25, 0.3) is 6.08 Å². The summed E-state index contributed by atoms with van der Waals surface area (Å²) in [7, 11) is 4.90. The second-order valence-corrected chi connectivity index (χ2v) is 5.38. The molecule has 0 aromatic heterocycles. The Balaban J connectivity index is 2.13. The van der Waals surface area contributed by atoms with Gasteiger partial charge >= 0.3 is 0 Å². The largest absolute Gasteiger partial charge is 0.493 e. The van der Waals surface area contributed by atoms with Gasteiger partial charge in [-0.05, 0) is 48.6 Å². The van der Waals surface area contributed by atoms with E-state index in [-0.39, 0.29) is 5.91 Å². The molecule has 1 amide bonds. The van der Waals surface area contributed by atoms with Gasteiger partial charge in [-0.1, -0.05) is 12.1 Å². The summed E-state index contributed by atoms with van der Waals surface area (Å²) in [5, 5.41) is 5.80. The second kappa shape index (κ2) is 8.27. The topological polar surface area (TPSA) is 59.6 Å². The lowest BCUT2D eigenvalue weighted by atomic mass is 9.97. The van der Waals surface area contributed by atoms with Gasteiger partial charge in [-0.15, -0.1) is 0 Å². The predicted octanol–water partition coefficient (Wildman–Crippen LogP) is 2.49. The molecular weight excluding hydrogens is 292 g/mol. The van der Waals surface area contributed by atoms with Crippen LogP contribution in [0.3, 0.4) is 0 Å². The highest BCUT2D eigenvalue weighted by Crippen LogP contribution is 2.30. The summed E-state index contributed by atoms with van der Waals surface area (Å²) >= 11 is 0. The number of benzene rings is 1. The normalized spacial score (nSPS) is 15.8. The molecule has 0 saturated heterocycles. The number of nitrogens with one attached hydrogen (secondary N) is 2. The molecule has 0 aliphatic heterocycles. The summed E-state index contributed by atoms with van der Waals surface area (Å²) in [5.41, 5.74) is 3.41. The molecule has 0 radical (unpaired) electrons. The molecular formula is C18H24N2O3. The fraction of sp³-hybridized carbons (Fsp3) is 0.389. The Labute approximate surface area is 137 Å². The Bertz CT molecular complexity index is 621. The molecule has 0 saturated carbocycles. The zero-order valence-corrected chi connectivity index (χ0v) is 13.9. The SMILES string of the molecule is CNC(=O)CNC1=C/C(=C/c2ccc(OC)c(OC)c2)CCC1. The fourth-order valence-electron chi connectivity index (χ4n) is 2.54. The van der Waals surface area contributed by atoms with E-state index in [4.69, 9.17) is 9.47 Å². The van der Waals surface area contributed by atoms with Gasteiger partial charge in [0.15, 0.2) is 11.5 Å². The van der Waals surface area contributed by atoms with E-state index in [0.29, 0.717) is 6.54 Å². The first-order valence-electron chi connectivity index (χ1n) is 7.74. The van der Waals surface area contributed by atoms with Gasteiger partial charge in [-0.25, -0.2) is 0 Å². The van der Waals surface area contributed by atoms with E-state index >= 15 is 0 Å². The Morgan fingerprint density at radius 2 is 2.00 bits per heavy atom. The highest BCUT2D eigenvalue weighted by molar-refractivity contribution is 5.77. The third kappa shape index (κ3) is 4.77. The van der Waals surface area contributed by atoms with E-state index in [1.54, 1.807) is 21.3 Å². The van der Waals surface area contributed by atoms with E-state index in [0.717, 1.165) is 42.0 Å². The number of ether oxygens (including phenoxy) is 2. The summed E-state index contributed by atoms with van der Waals surface area (Å²) in [4.78, 5) is 11.3. The molecule has 1 aliphatic rings. The third-order valence-electron chi connectivity index (χ3n) is 3.79. The van der Waals surface area contributed by atoms with E-state index in [2.05, 4.69) is 22.8 Å². The summed E-state index contributed by atoms with van der Waals surface area (Å²) in [6.45, 7) is 0.311. The first kappa shape index (κ1) is 16.9. The maximum atomic E-state index is 11.3. The van der Waals surface area contributed by atoms with E-state index in [1.165, 1.54) is 5.57 Å². The summed E-state index contributed by atoms with van der Waals surface area (Å²) in [6.07, 6.45) is 7.34. The van der Waals surface area contributed by atoms with Gasteiger partial charge in [0, 0.05) is 12.7 Å². The molecule has 1 aromatic rings. The molecule has 0 unspecified atom stereocenters. The Kier molecular flexibility index (Phi) is 6.09. The van der Waals surface area contributed by atoms with Crippen LogP contribution in [0.4, 0.5) is 0 Å². The van der Waals surface area contributed by atoms with Gasteiger partial charge in [0.2, 0.25) is 5.91 Å². The molecule has 1 aliphatic carbocycles. The van der Waals surface area contributed by atoms with Crippen molar-refractivity contribution < 1.29 is 14.3 Å². The standard InChI is InChI=1S/C18H24N2O3/c1-19-18(21)12-20-15-6-4-5-13(10-15)9-14-7-8-16(22-2)17(11-14)23-3/h7-11,20H,4-6,12H2,1-3H3,(H,19,21)/b13-9+. The van der Waals surface area contributed by atoms with Crippen LogP contribution >= 0.6 is 0 Å². The minimum atomic E-state index is -0.0121. The highest BCUT2D eigenvalue weighted by Gasteiger charge is 2.09. The number of allylic oxidation sites excluding steroid dienone is 3. The molecule has 0 heterocycles. The van der Waals surface area contributed by atoms with Gasteiger partial charge < -0.3 is 20.1 Å². The van der Waals surface area contributed by atoms with Crippen molar-refractivity contribution in [1.82, 2.24) is 10.6 Å². The van der Waals surface area contributed by atoms with Gasteiger partial charge in [0.25, 0.3) is 0 Å². The van der Waals surface area contributed by atoms with Gasteiger partial charge in [-0.2, -0.15) is 0 Å². The molecule has 1 aromatic carbocycles. The lowest BCUT2D eigenvalue weighted by Crippen LogP contribution is -2.31. The Hall–Kier alpha value is -2.43. The molecule has 2 N–H and O–H groups in total. The van der Waals surface area contributed by atoms with Gasteiger partial charge in [0.05, 0.1) is 20.8 Å². The molecule has 23 heavy (non-hydrogen) atoms. The maximum absolute atomic E-state index is 11.3. The van der Waals surface area contributed by atoms with Crippen molar-refractivity contribution in [2.45, 2.75) is 19.3 Å². The quantitative estimate of drug-likeness (QED) is 0.846. The van der Waals surface area contributed by atoms with Gasteiger partial charge in [-0.3, -0.25) is 4.79 Å². The monoisotopic (exact) mass is 316 g/mol. The summed E-state index contributed by atoms with van der Waals surface area (Å²) in [5.74, 6) is 1.43. The van der Waals surface area contributed by atoms with Crippen molar-refractivity contribution in [2.75, 3.05) is 27.8 Å². The van der Waals surface area contributed by atoms with Crippen LogP contribution in [0.2, 0.25) is 0 Å². The maximum Gasteiger partial charge on any atom is 0.239 e. The van der Waals surface area contributed by atoms with Gasteiger partial charge in [0.1, 0.15) is 0 Å². The molecule has 0 spiro atoms. The molecule has 0 bridgehead atoms. The second-order valence-electron chi connectivity index (χ2n) is 5.38. The molecule has 5 heteroatoms. The summed E-state index contributed by atoms with van der Waals surface area (Å²) < 4.78 is 10.6. The minimum Gasteiger partial charge on any atom is -0.493 e. The Morgan fingerprint density at radius 1 is 1.22 bits per heavy atom. The number of carbonyl (C=O) groups excluding carboxylic acids is 1. The molecule has 0 atom stereocenters. The van der Waals surface area contributed by atoms with Crippen LogP contribution in [0.5, 0.6) is 11.5 Å². The smallest absolute Gasteiger partial charge is 0.239 e. The van der Waals surface area contributed by atoms with E-state index in [9.17, 15) is 4.79 Å². The van der Waals surface area contributed by atoms with Crippen molar-refractivity contribution >= 4 is 12.0 Å². The van der Waals surface area contributed by atoms with Crippen LogP contribution in [-0.4, -0.2) is 33.7 Å². The van der Waals surface area contributed by atoms with E-state index < -0.39 is 0 Å². The van der Waals surface area contributed by atoms with Crippen LogP contribution < -0.4 is 20.1 Å². The zero-order chi connectivity index (χ0) is 16.7. The number of likely N-dealkylation sites (N-methyl/N-ethyl adjacent to an activating group) is 1. The van der Waals surface area contributed by atoms with Crippen LogP contribution in [0.15, 0.2) is 35.5 Å². The molecule has 2 rings (SSSR count). The lowest BCUT2D eigenvalue weighted by Gasteiger charge is -2.17. The highest BCUT2D eigenvalue weighted by atomic mass is 16.5. The predicted molar refractivity (Wildman–Crippen MR) is 91.5 cm³/mol. The lowest BCUT2D eigenvalue weighted by molar-refractivity contribution is -0.119. The van der Waals surface area contributed by atoms with E-state index in [1.807, 2.05) is 18.2 Å². The Morgan fingerprint density at radius 3 is 2.70 bits per heavy atom. The van der Waals surface area contributed by atoms with Crippen molar-refractivity contribution in [1.29, 1.82) is 0 Å². The van der Waals surface area contributed by atoms with Crippen LogP contribution in [-0.2, 0) is 4.79 Å². The average Bonchev–Trinajstić information content (AvgIpc) is 2.59. The first-order chi connectivity index (χ1) is 11.2. The van der Waals surface area contributed by atoms with Crippen molar-refractivity contribution in [3.05, 3.63) is 41.1 Å². The number of rotatable bonds is 6.